The van der Waals surface area contributed by atoms with E-state index in [9.17, 15) is 9.18 Å². The lowest BCUT2D eigenvalue weighted by molar-refractivity contribution is 0.0660. The normalized spacial score (nSPS) is 12.2. The Hall–Kier alpha value is -2.01. The van der Waals surface area contributed by atoms with Gasteiger partial charge in [-0.3, -0.25) is 0 Å². The SMILES string of the molecule is CC(Nc1cc(Cl)ccc1F)c1ccc(C(=O)O)o1. The van der Waals surface area contributed by atoms with E-state index in [1.54, 1.807) is 6.92 Å². The van der Waals surface area contributed by atoms with Gasteiger partial charge in [0.25, 0.3) is 0 Å². The molecule has 2 aromatic rings. The molecule has 2 rings (SSSR count). The predicted octanol–water partition coefficient (Wildman–Crippen LogP) is 3.94. The molecule has 0 spiro atoms. The molecule has 1 heterocycles. The highest BCUT2D eigenvalue weighted by molar-refractivity contribution is 6.30. The van der Waals surface area contributed by atoms with E-state index < -0.39 is 11.8 Å². The lowest BCUT2D eigenvalue weighted by Gasteiger charge is -2.13. The first kappa shape index (κ1) is 13.4. The van der Waals surface area contributed by atoms with Crippen LogP contribution in [0.5, 0.6) is 0 Å². The van der Waals surface area contributed by atoms with Gasteiger partial charge in [0, 0.05) is 5.02 Å². The first-order chi connectivity index (χ1) is 8.97. The molecule has 0 aliphatic carbocycles. The highest BCUT2D eigenvalue weighted by Gasteiger charge is 2.15. The van der Waals surface area contributed by atoms with Gasteiger partial charge < -0.3 is 14.8 Å². The van der Waals surface area contributed by atoms with E-state index in [1.165, 1.54) is 30.3 Å². The summed E-state index contributed by atoms with van der Waals surface area (Å²) < 4.78 is 18.7. The summed E-state index contributed by atoms with van der Waals surface area (Å²) in [4.78, 5) is 10.7. The van der Waals surface area contributed by atoms with Crippen molar-refractivity contribution in [2.24, 2.45) is 0 Å². The van der Waals surface area contributed by atoms with Gasteiger partial charge in [0.05, 0.1) is 11.7 Å². The van der Waals surface area contributed by atoms with Crippen LogP contribution in [0.25, 0.3) is 0 Å². The summed E-state index contributed by atoms with van der Waals surface area (Å²) in [6, 6.07) is 6.65. The van der Waals surface area contributed by atoms with Gasteiger partial charge in [-0.1, -0.05) is 11.6 Å². The summed E-state index contributed by atoms with van der Waals surface area (Å²) >= 11 is 5.78. The molecule has 6 heteroatoms. The molecule has 0 fully saturated rings. The van der Waals surface area contributed by atoms with Crippen LogP contribution < -0.4 is 5.32 Å². The Kier molecular flexibility index (Phi) is 3.76. The van der Waals surface area contributed by atoms with Gasteiger partial charge in [-0.05, 0) is 37.3 Å². The number of halogens is 2. The Bertz CT molecular complexity index is 612. The zero-order chi connectivity index (χ0) is 14.0. The van der Waals surface area contributed by atoms with Crippen LogP contribution in [-0.2, 0) is 0 Å². The lowest BCUT2D eigenvalue weighted by atomic mass is 10.2. The average molecular weight is 284 g/mol. The third-order valence-corrected chi connectivity index (χ3v) is 2.80. The van der Waals surface area contributed by atoms with E-state index in [1.807, 2.05) is 0 Å². The van der Waals surface area contributed by atoms with E-state index in [0.717, 1.165) is 0 Å². The summed E-state index contributed by atoms with van der Waals surface area (Å²) in [6.45, 7) is 1.73. The Morgan fingerprint density at radius 2 is 2.16 bits per heavy atom. The minimum absolute atomic E-state index is 0.157. The Morgan fingerprint density at radius 1 is 1.42 bits per heavy atom. The maximum atomic E-state index is 13.5. The van der Waals surface area contributed by atoms with Crippen LogP contribution in [0.4, 0.5) is 10.1 Å². The zero-order valence-corrected chi connectivity index (χ0v) is 10.7. The standard InChI is InChI=1S/C13H11ClFNO3/c1-7(11-4-5-12(19-11)13(17)18)16-10-6-8(14)2-3-9(10)15/h2-7,16H,1H3,(H,17,18). The fourth-order valence-corrected chi connectivity index (χ4v) is 1.79. The number of hydrogen-bond acceptors (Lipinski definition) is 3. The van der Waals surface area contributed by atoms with Crippen LogP contribution in [-0.4, -0.2) is 11.1 Å². The van der Waals surface area contributed by atoms with Crippen molar-refractivity contribution in [2.75, 3.05) is 5.32 Å². The maximum Gasteiger partial charge on any atom is 0.371 e. The molecule has 1 aromatic carbocycles. The second-order valence-electron chi connectivity index (χ2n) is 4.00. The van der Waals surface area contributed by atoms with Crippen LogP contribution in [0.15, 0.2) is 34.7 Å². The molecular weight excluding hydrogens is 273 g/mol. The number of carbonyl (C=O) groups is 1. The maximum absolute atomic E-state index is 13.5. The molecule has 0 saturated heterocycles. The van der Waals surface area contributed by atoms with Crippen molar-refractivity contribution >= 4 is 23.3 Å². The van der Waals surface area contributed by atoms with Crippen LogP contribution in [0.2, 0.25) is 5.02 Å². The molecule has 0 amide bonds. The number of aromatic carboxylic acids is 1. The number of rotatable bonds is 4. The van der Waals surface area contributed by atoms with Gasteiger partial charge in [0.15, 0.2) is 0 Å². The molecule has 2 N–H and O–H groups in total. The minimum Gasteiger partial charge on any atom is -0.475 e. The van der Waals surface area contributed by atoms with Crippen LogP contribution in [0, 0.1) is 5.82 Å². The molecular formula is C13H11ClFNO3. The summed E-state index contributed by atoms with van der Waals surface area (Å²) in [5.41, 5.74) is 0.230. The first-order valence-electron chi connectivity index (χ1n) is 5.52. The van der Waals surface area contributed by atoms with Crippen molar-refractivity contribution in [1.82, 2.24) is 0 Å². The highest BCUT2D eigenvalue weighted by atomic mass is 35.5. The zero-order valence-electron chi connectivity index (χ0n) is 9.98. The van der Waals surface area contributed by atoms with Crippen molar-refractivity contribution in [2.45, 2.75) is 13.0 Å². The third-order valence-electron chi connectivity index (χ3n) is 2.56. The second kappa shape index (κ2) is 5.32. The molecule has 1 unspecified atom stereocenters. The monoisotopic (exact) mass is 283 g/mol. The van der Waals surface area contributed by atoms with Gasteiger partial charge in [-0.15, -0.1) is 0 Å². The van der Waals surface area contributed by atoms with Gasteiger partial charge >= 0.3 is 5.97 Å². The number of nitrogens with one attached hydrogen (secondary N) is 1. The molecule has 1 atom stereocenters. The molecule has 0 aliphatic rings. The van der Waals surface area contributed by atoms with Crippen molar-refractivity contribution in [3.05, 3.63) is 52.7 Å². The van der Waals surface area contributed by atoms with Crippen molar-refractivity contribution in [3.8, 4) is 0 Å². The molecule has 19 heavy (non-hydrogen) atoms. The van der Waals surface area contributed by atoms with E-state index in [4.69, 9.17) is 21.1 Å². The summed E-state index contributed by atoms with van der Waals surface area (Å²) in [7, 11) is 0. The van der Waals surface area contributed by atoms with Crippen LogP contribution in [0.3, 0.4) is 0 Å². The van der Waals surface area contributed by atoms with Crippen LogP contribution in [0.1, 0.15) is 29.3 Å². The topological polar surface area (TPSA) is 62.5 Å². The predicted molar refractivity (Wildman–Crippen MR) is 69.1 cm³/mol. The van der Waals surface area contributed by atoms with E-state index >= 15 is 0 Å². The Labute approximate surface area is 113 Å². The number of furan rings is 1. The van der Waals surface area contributed by atoms with Crippen molar-refractivity contribution in [3.63, 3.8) is 0 Å². The fraction of sp³-hybridized carbons (Fsp3) is 0.154. The minimum atomic E-state index is -1.15. The number of anilines is 1. The number of carboxylic acid groups (broad SMARTS) is 1. The smallest absolute Gasteiger partial charge is 0.371 e. The molecule has 0 radical (unpaired) electrons. The number of benzene rings is 1. The number of carboxylic acids is 1. The van der Waals surface area contributed by atoms with Crippen LogP contribution >= 0.6 is 11.6 Å². The molecule has 1 aromatic heterocycles. The van der Waals surface area contributed by atoms with Gasteiger partial charge in [-0.2, -0.15) is 0 Å². The number of hydrogen-bond donors (Lipinski definition) is 2. The quantitative estimate of drug-likeness (QED) is 0.892. The molecule has 4 nitrogen and oxygen atoms in total. The summed E-state index contributed by atoms with van der Waals surface area (Å²) in [5, 5.41) is 12.0. The van der Waals surface area contributed by atoms with Gasteiger partial charge in [0.1, 0.15) is 11.6 Å². The second-order valence-corrected chi connectivity index (χ2v) is 4.43. The van der Waals surface area contributed by atoms with Crippen molar-refractivity contribution in [1.29, 1.82) is 0 Å². The molecule has 0 aliphatic heterocycles. The van der Waals surface area contributed by atoms with E-state index in [-0.39, 0.29) is 17.5 Å². The fourth-order valence-electron chi connectivity index (χ4n) is 1.61. The van der Waals surface area contributed by atoms with E-state index in [2.05, 4.69) is 5.32 Å². The van der Waals surface area contributed by atoms with E-state index in [0.29, 0.717) is 10.8 Å². The van der Waals surface area contributed by atoms with Crippen molar-refractivity contribution < 1.29 is 18.7 Å². The van der Waals surface area contributed by atoms with Gasteiger partial charge in [-0.25, -0.2) is 9.18 Å². The Morgan fingerprint density at radius 3 is 2.79 bits per heavy atom. The van der Waals surface area contributed by atoms with Gasteiger partial charge in [0.2, 0.25) is 5.76 Å². The Balaban J connectivity index is 2.17. The highest BCUT2D eigenvalue weighted by Crippen LogP contribution is 2.25. The molecule has 0 bridgehead atoms. The largest absolute Gasteiger partial charge is 0.475 e. The average Bonchev–Trinajstić information content (AvgIpc) is 2.83. The third kappa shape index (κ3) is 3.06. The first-order valence-corrected chi connectivity index (χ1v) is 5.90. The molecule has 100 valence electrons. The summed E-state index contributed by atoms with van der Waals surface area (Å²) in [5.74, 6) is -1.35. The lowest BCUT2D eigenvalue weighted by Crippen LogP contribution is -2.07. The molecule has 0 saturated carbocycles. The summed E-state index contributed by atoms with van der Waals surface area (Å²) in [6.07, 6.45) is 0.